The number of benzene rings is 1. The number of nitrogens with two attached hydrogens (primary N) is 1. The van der Waals surface area contributed by atoms with Gasteiger partial charge in [0.1, 0.15) is 11.4 Å². The van der Waals surface area contributed by atoms with E-state index in [1.165, 1.54) is 19.0 Å². The number of rotatable bonds is 5. The van der Waals surface area contributed by atoms with E-state index in [0.29, 0.717) is 34.8 Å². The molecule has 0 saturated heterocycles. The smallest absolute Gasteiger partial charge is 0.257 e. The molecule has 0 aliphatic heterocycles. The topological polar surface area (TPSA) is 102 Å². The lowest BCUT2D eigenvalue weighted by Gasteiger charge is -2.14. The SMILES string of the molecule is Cc1ccc(C(=O)NC2CC2)cc1-n1ncc(C(=O)NC23CC4CC2C3C4)c1N. The minimum Gasteiger partial charge on any atom is -0.383 e. The van der Waals surface area contributed by atoms with Gasteiger partial charge in [-0.1, -0.05) is 6.07 Å². The lowest BCUT2D eigenvalue weighted by atomic mass is 10.1. The van der Waals surface area contributed by atoms with E-state index >= 15 is 0 Å². The summed E-state index contributed by atoms with van der Waals surface area (Å²) in [5.41, 5.74) is 8.99. The molecule has 5 aliphatic rings. The van der Waals surface area contributed by atoms with Crippen molar-refractivity contribution in [2.75, 3.05) is 5.73 Å². The number of hydrogen-bond donors (Lipinski definition) is 3. The fraction of sp³-hybridized carbons (Fsp3) is 0.500. The molecule has 7 nitrogen and oxygen atoms in total. The zero-order valence-corrected chi connectivity index (χ0v) is 16.4. The number of nitrogens with zero attached hydrogens (tertiary/aromatic N) is 2. The normalized spacial score (nSPS) is 31.0. The molecule has 1 aromatic heterocycles. The van der Waals surface area contributed by atoms with Crippen LogP contribution in [0.1, 0.15) is 58.4 Å². The number of anilines is 1. The molecular weight excluding hydrogens is 366 g/mol. The van der Waals surface area contributed by atoms with Gasteiger partial charge in [0.15, 0.2) is 0 Å². The molecule has 7 rings (SSSR count). The van der Waals surface area contributed by atoms with Crippen LogP contribution in [-0.4, -0.2) is 33.2 Å². The van der Waals surface area contributed by atoms with E-state index in [2.05, 4.69) is 15.7 Å². The van der Waals surface area contributed by atoms with Gasteiger partial charge in [-0.2, -0.15) is 5.10 Å². The molecule has 2 amide bonds. The van der Waals surface area contributed by atoms with E-state index < -0.39 is 0 Å². The van der Waals surface area contributed by atoms with Gasteiger partial charge in [0.05, 0.1) is 11.9 Å². The number of carbonyl (C=O) groups is 2. The number of nitrogen functional groups attached to an aromatic ring is 1. The summed E-state index contributed by atoms with van der Waals surface area (Å²) in [4.78, 5) is 25.4. The third-order valence-electron chi connectivity index (χ3n) is 7.51. The Labute approximate surface area is 169 Å². The number of carbonyl (C=O) groups excluding carboxylic acids is 2. The van der Waals surface area contributed by atoms with Crippen LogP contribution in [0, 0.1) is 24.7 Å². The van der Waals surface area contributed by atoms with Crippen molar-refractivity contribution in [1.29, 1.82) is 0 Å². The summed E-state index contributed by atoms with van der Waals surface area (Å²) >= 11 is 0. The quantitative estimate of drug-likeness (QED) is 0.727. The molecule has 29 heavy (non-hydrogen) atoms. The molecule has 0 radical (unpaired) electrons. The summed E-state index contributed by atoms with van der Waals surface area (Å²) in [6.07, 6.45) is 7.24. The predicted octanol–water partition coefficient (Wildman–Crippen LogP) is 2.18. The van der Waals surface area contributed by atoms with Crippen molar-refractivity contribution >= 4 is 17.6 Å². The van der Waals surface area contributed by atoms with Crippen LogP contribution < -0.4 is 16.4 Å². The first-order valence-corrected chi connectivity index (χ1v) is 10.5. The Bertz CT molecular complexity index is 1040. The first kappa shape index (κ1) is 17.1. The molecule has 5 aliphatic carbocycles. The highest BCUT2D eigenvalue weighted by atomic mass is 16.2. The van der Waals surface area contributed by atoms with Gasteiger partial charge >= 0.3 is 0 Å². The maximum atomic E-state index is 12.9. The van der Waals surface area contributed by atoms with Gasteiger partial charge in [-0.05, 0) is 74.5 Å². The molecule has 0 spiro atoms. The van der Waals surface area contributed by atoms with Crippen molar-refractivity contribution in [3.63, 3.8) is 0 Å². The van der Waals surface area contributed by atoms with Gasteiger partial charge in [0.25, 0.3) is 11.8 Å². The molecule has 5 fully saturated rings. The Balaban J connectivity index is 1.27. The fourth-order valence-corrected chi connectivity index (χ4v) is 5.83. The summed E-state index contributed by atoms with van der Waals surface area (Å²) in [6, 6.07) is 5.78. The second kappa shape index (κ2) is 5.62. The van der Waals surface area contributed by atoms with Crippen LogP contribution in [0.4, 0.5) is 5.82 Å². The van der Waals surface area contributed by atoms with E-state index in [0.717, 1.165) is 36.4 Å². The first-order chi connectivity index (χ1) is 14.0. The highest BCUT2D eigenvalue weighted by Gasteiger charge is 2.75. The Morgan fingerprint density at radius 3 is 2.62 bits per heavy atom. The molecule has 7 heteroatoms. The second-order valence-electron chi connectivity index (χ2n) is 9.35. The van der Waals surface area contributed by atoms with E-state index in [1.54, 1.807) is 10.7 Å². The van der Waals surface area contributed by atoms with Gasteiger partial charge in [0.2, 0.25) is 0 Å². The highest BCUT2D eigenvalue weighted by molar-refractivity contribution is 5.99. The van der Waals surface area contributed by atoms with Crippen molar-refractivity contribution in [1.82, 2.24) is 20.4 Å². The number of hydrogen-bond acceptors (Lipinski definition) is 4. The predicted molar refractivity (Wildman–Crippen MR) is 108 cm³/mol. The molecule has 5 saturated carbocycles. The van der Waals surface area contributed by atoms with E-state index in [1.807, 2.05) is 19.1 Å². The maximum Gasteiger partial charge on any atom is 0.257 e. The highest BCUT2D eigenvalue weighted by Crippen LogP contribution is 2.73. The molecule has 4 N–H and O–H groups in total. The minimum atomic E-state index is -0.135. The van der Waals surface area contributed by atoms with Crippen molar-refractivity contribution in [2.45, 2.75) is 50.6 Å². The fourth-order valence-electron chi connectivity index (χ4n) is 5.83. The van der Waals surface area contributed by atoms with Crippen molar-refractivity contribution in [3.8, 4) is 5.69 Å². The van der Waals surface area contributed by atoms with Gasteiger partial charge in [-0.3, -0.25) is 9.59 Å². The molecule has 2 aromatic rings. The number of aromatic nitrogens is 2. The number of nitrogens with one attached hydrogen (secondary N) is 2. The Morgan fingerprint density at radius 2 is 1.97 bits per heavy atom. The van der Waals surface area contributed by atoms with Gasteiger partial charge in [-0.25, -0.2) is 4.68 Å². The standard InChI is InChI=1S/C22H25N5O2/c1-11-2-3-13(20(28)25-14-4-5-14)8-18(11)27-19(23)15(10-24-27)21(29)26-22-9-12-6-16(22)17(22)7-12/h2-3,8,10,12,14,16-17H,4-7,9,23H2,1H3,(H,25,28)(H,26,29). The number of amides is 2. The Kier molecular flexibility index (Phi) is 3.30. The Hall–Kier alpha value is -2.83. The monoisotopic (exact) mass is 391 g/mol. The Morgan fingerprint density at radius 1 is 1.21 bits per heavy atom. The van der Waals surface area contributed by atoms with Crippen LogP contribution >= 0.6 is 0 Å². The molecule has 2 unspecified atom stereocenters. The van der Waals surface area contributed by atoms with Gasteiger partial charge in [0, 0.05) is 17.1 Å². The summed E-state index contributed by atoms with van der Waals surface area (Å²) in [7, 11) is 0. The summed E-state index contributed by atoms with van der Waals surface area (Å²) < 4.78 is 1.56. The minimum absolute atomic E-state index is 0.0209. The summed E-state index contributed by atoms with van der Waals surface area (Å²) in [5, 5.41) is 10.7. The second-order valence-corrected chi connectivity index (χ2v) is 9.35. The van der Waals surface area contributed by atoms with Crippen LogP contribution in [0.3, 0.4) is 0 Å². The molecule has 150 valence electrons. The lowest BCUT2D eigenvalue weighted by Crippen LogP contribution is -2.37. The van der Waals surface area contributed by atoms with Crippen molar-refractivity contribution in [3.05, 3.63) is 41.1 Å². The maximum absolute atomic E-state index is 12.9. The molecule has 1 aromatic carbocycles. The van der Waals surface area contributed by atoms with E-state index in [-0.39, 0.29) is 17.4 Å². The average Bonchev–Trinajstić information content (AvgIpc) is 3.30. The largest absolute Gasteiger partial charge is 0.383 e. The van der Waals surface area contributed by atoms with Gasteiger partial charge in [-0.15, -0.1) is 0 Å². The van der Waals surface area contributed by atoms with Crippen molar-refractivity contribution in [2.24, 2.45) is 17.8 Å². The summed E-state index contributed by atoms with van der Waals surface area (Å²) in [5.74, 6) is 2.20. The first-order valence-electron chi connectivity index (χ1n) is 10.5. The lowest BCUT2D eigenvalue weighted by molar-refractivity contribution is 0.0926. The molecule has 1 heterocycles. The third kappa shape index (κ3) is 2.46. The average molecular weight is 391 g/mol. The summed E-state index contributed by atoms with van der Waals surface area (Å²) in [6.45, 7) is 1.94. The molecule has 2 atom stereocenters. The zero-order chi connectivity index (χ0) is 19.9. The van der Waals surface area contributed by atoms with Crippen molar-refractivity contribution < 1.29 is 9.59 Å². The van der Waals surface area contributed by atoms with Crippen LogP contribution in [0.15, 0.2) is 24.4 Å². The van der Waals surface area contributed by atoms with Crippen LogP contribution in [0.2, 0.25) is 0 Å². The third-order valence-corrected chi connectivity index (χ3v) is 7.51. The molecular formula is C22H25N5O2. The van der Waals surface area contributed by atoms with Gasteiger partial charge < -0.3 is 16.4 Å². The zero-order valence-electron chi connectivity index (χ0n) is 16.4. The van der Waals surface area contributed by atoms with E-state index in [9.17, 15) is 9.59 Å². The van der Waals surface area contributed by atoms with Crippen LogP contribution in [-0.2, 0) is 0 Å². The van der Waals surface area contributed by atoms with E-state index in [4.69, 9.17) is 5.73 Å². The van der Waals surface area contributed by atoms with Crippen LogP contribution in [0.25, 0.3) is 5.69 Å². The van der Waals surface area contributed by atoms with Crippen LogP contribution in [0.5, 0.6) is 0 Å². The number of aryl methyl sites for hydroxylation is 1. The molecule has 4 bridgehead atoms.